The van der Waals surface area contributed by atoms with Crippen LogP contribution < -0.4 is 22.1 Å². The number of carbonyl (C=O) groups is 2. The lowest BCUT2D eigenvalue weighted by molar-refractivity contribution is 0.0335. The Morgan fingerprint density at radius 3 is 1.23 bits per heavy atom. The van der Waals surface area contributed by atoms with Crippen molar-refractivity contribution >= 4 is 33.7 Å². The lowest BCUT2D eigenvalue weighted by atomic mass is 9.94. The number of nitrogen functional groups attached to an aromatic ring is 2. The van der Waals surface area contributed by atoms with Crippen molar-refractivity contribution in [1.82, 2.24) is 10.6 Å². The van der Waals surface area contributed by atoms with E-state index in [0.717, 1.165) is 26.2 Å². The van der Waals surface area contributed by atoms with E-state index < -0.39 is 10.4 Å². The molecule has 0 aliphatic rings. The average molecular weight is 683 g/mol. The largest absolute Gasteiger partial charge is 0.461 e. The van der Waals surface area contributed by atoms with Gasteiger partial charge in [0.1, 0.15) is 0 Å². The molecule has 0 atom stereocenters. The summed E-state index contributed by atoms with van der Waals surface area (Å²) in [5.74, 6) is -0.594. The van der Waals surface area contributed by atoms with Crippen LogP contribution in [0, 0.1) is 10.8 Å². The van der Waals surface area contributed by atoms with Crippen LogP contribution in [0.1, 0.15) is 101 Å². The van der Waals surface area contributed by atoms with E-state index in [-0.39, 0.29) is 22.8 Å². The molecule has 13 heteroatoms. The number of anilines is 2. The molecule has 12 nitrogen and oxygen atoms in total. The molecule has 0 aromatic heterocycles. The first-order valence-electron chi connectivity index (χ1n) is 16.1. The second kappa shape index (κ2) is 23.2. The Bertz CT molecular complexity index is 1160. The Morgan fingerprint density at radius 2 is 0.957 bits per heavy atom. The van der Waals surface area contributed by atoms with Gasteiger partial charge in [-0.15, -0.1) is 0 Å². The second-order valence-corrected chi connectivity index (χ2v) is 13.8. The summed E-state index contributed by atoms with van der Waals surface area (Å²) in [7, 11) is -4.67. The number of nitrogens with two attached hydrogens (primary N) is 2. The van der Waals surface area contributed by atoms with Gasteiger partial charge in [-0.1, -0.05) is 67.2 Å². The van der Waals surface area contributed by atoms with E-state index >= 15 is 0 Å². The van der Waals surface area contributed by atoms with E-state index in [1.807, 2.05) is 0 Å². The highest BCUT2D eigenvalue weighted by atomic mass is 32.3. The van der Waals surface area contributed by atoms with Crippen molar-refractivity contribution in [3.05, 3.63) is 59.7 Å². The van der Waals surface area contributed by atoms with Crippen molar-refractivity contribution in [2.75, 3.05) is 50.9 Å². The number of benzene rings is 2. The van der Waals surface area contributed by atoms with Crippen molar-refractivity contribution in [3.63, 3.8) is 0 Å². The van der Waals surface area contributed by atoms with Crippen LogP contribution in [0.25, 0.3) is 0 Å². The summed E-state index contributed by atoms with van der Waals surface area (Å²) in [6, 6.07) is 13.6. The standard InChI is InChI=1S/2C17H28N2O2.H2O4S/c2*1-4-5-6-11-19-12-17(2,3)13-21-16(20)14-7-9-15(18)10-8-14;1-5(2,3)4/h2*7-10,19H,4-6,11-13,18H2,1-3H3;(H2,1,2,3,4). The Morgan fingerprint density at radius 1 is 0.660 bits per heavy atom. The molecule has 0 heterocycles. The average Bonchev–Trinajstić information content (AvgIpc) is 2.99. The summed E-state index contributed by atoms with van der Waals surface area (Å²) in [6.07, 6.45) is 7.34. The molecule has 0 amide bonds. The number of hydrogen-bond donors (Lipinski definition) is 6. The van der Waals surface area contributed by atoms with Gasteiger partial charge in [-0.25, -0.2) is 9.59 Å². The molecule has 2 aromatic rings. The molecule has 2 rings (SSSR count). The summed E-state index contributed by atoms with van der Waals surface area (Å²) < 4.78 is 42.4. The fraction of sp³-hybridized carbons (Fsp3) is 0.588. The normalized spacial score (nSPS) is 11.4. The number of carbonyl (C=O) groups excluding carboxylic acids is 2. The van der Waals surface area contributed by atoms with Gasteiger partial charge in [0.15, 0.2) is 0 Å². The fourth-order valence-electron chi connectivity index (χ4n) is 3.88. The van der Waals surface area contributed by atoms with Gasteiger partial charge in [0.2, 0.25) is 0 Å². The van der Waals surface area contributed by atoms with Crippen molar-refractivity contribution in [2.45, 2.75) is 80.1 Å². The first-order chi connectivity index (χ1) is 21.9. The smallest absolute Gasteiger partial charge is 0.394 e. The molecule has 2 aromatic carbocycles. The highest BCUT2D eigenvalue weighted by molar-refractivity contribution is 7.79. The van der Waals surface area contributed by atoms with Gasteiger partial charge in [0, 0.05) is 35.3 Å². The predicted octanol–water partition coefficient (Wildman–Crippen LogP) is 5.81. The Labute approximate surface area is 281 Å². The first-order valence-corrected chi connectivity index (χ1v) is 17.5. The highest BCUT2D eigenvalue weighted by Gasteiger charge is 2.21. The van der Waals surface area contributed by atoms with Crippen molar-refractivity contribution in [3.8, 4) is 0 Å². The molecule has 0 saturated carbocycles. The summed E-state index contributed by atoms with van der Waals surface area (Å²) in [5, 5.41) is 6.85. The number of unbranched alkanes of at least 4 members (excludes halogenated alkanes) is 4. The maximum Gasteiger partial charge on any atom is 0.394 e. The minimum absolute atomic E-state index is 0.0737. The SMILES string of the molecule is CCCCCNCC(C)(C)COC(=O)c1ccc(N)cc1.CCCCCNCC(C)(C)COC(=O)c1ccc(N)cc1.O=S(=O)(O)O. The highest BCUT2D eigenvalue weighted by Crippen LogP contribution is 2.17. The molecule has 268 valence electrons. The fourth-order valence-corrected chi connectivity index (χ4v) is 3.88. The quantitative estimate of drug-likeness (QED) is 0.0477. The molecule has 47 heavy (non-hydrogen) atoms. The van der Waals surface area contributed by atoms with Gasteiger partial charge in [-0.3, -0.25) is 9.11 Å². The molecule has 0 spiro atoms. The molecule has 8 N–H and O–H groups in total. The molecule has 0 fully saturated rings. The van der Waals surface area contributed by atoms with E-state index in [4.69, 9.17) is 38.5 Å². The van der Waals surface area contributed by atoms with Crippen LogP contribution >= 0.6 is 0 Å². The van der Waals surface area contributed by atoms with Crippen molar-refractivity contribution in [2.24, 2.45) is 10.8 Å². The lowest BCUT2D eigenvalue weighted by Gasteiger charge is -2.24. The van der Waals surface area contributed by atoms with Crippen LogP contribution in [0.5, 0.6) is 0 Å². The number of ether oxygens (including phenoxy) is 2. The van der Waals surface area contributed by atoms with Gasteiger partial charge in [-0.05, 0) is 74.5 Å². The van der Waals surface area contributed by atoms with Gasteiger partial charge >= 0.3 is 22.3 Å². The third-order valence-electron chi connectivity index (χ3n) is 6.60. The van der Waals surface area contributed by atoms with Crippen LogP contribution in [0.15, 0.2) is 48.5 Å². The number of hydrogen-bond acceptors (Lipinski definition) is 10. The molecule has 0 bridgehead atoms. The maximum absolute atomic E-state index is 11.9. The van der Waals surface area contributed by atoms with E-state index in [1.165, 1.54) is 38.5 Å². The van der Waals surface area contributed by atoms with Crippen LogP contribution in [-0.4, -0.2) is 68.9 Å². The van der Waals surface area contributed by atoms with Crippen LogP contribution in [0.3, 0.4) is 0 Å². The van der Waals surface area contributed by atoms with E-state index in [9.17, 15) is 9.59 Å². The minimum Gasteiger partial charge on any atom is -0.461 e. The molecule has 0 aliphatic carbocycles. The van der Waals surface area contributed by atoms with Gasteiger partial charge in [0.25, 0.3) is 0 Å². The van der Waals surface area contributed by atoms with Crippen LogP contribution in [0.4, 0.5) is 11.4 Å². The Balaban J connectivity index is 0.000000787. The zero-order valence-electron chi connectivity index (χ0n) is 29.0. The molecule has 0 radical (unpaired) electrons. The monoisotopic (exact) mass is 682 g/mol. The zero-order valence-corrected chi connectivity index (χ0v) is 29.8. The van der Waals surface area contributed by atoms with E-state index in [1.54, 1.807) is 48.5 Å². The topological polar surface area (TPSA) is 203 Å². The van der Waals surface area contributed by atoms with Crippen molar-refractivity contribution in [1.29, 1.82) is 0 Å². The number of nitrogens with one attached hydrogen (secondary N) is 2. The predicted molar refractivity (Wildman–Crippen MR) is 189 cm³/mol. The summed E-state index contributed by atoms with van der Waals surface area (Å²) in [5.41, 5.74) is 13.4. The number of rotatable bonds is 18. The van der Waals surface area contributed by atoms with Gasteiger partial charge < -0.3 is 31.6 Å². The summed E-state index contributed by atoms with van der Waals surface area (Å²) in [6.45, 7) is 17.3. The molecular weight excluding hydrogens is 624 g/mol. The molecule has 0 unspecified atom stereocenters. The van der Waals surface area contributed by atoms with Gasteiger partial charge in [0.05, 0.1) is 24.3 Å². The molecular formula is C34H58N4O8S. The van der Waals surface area contributed by atoms with Crippen LogP contribution in [-0.2, 0) is 19.9 Å². The molecule has 0 aliphatic heterocycles. The number of esters is 2. The second-order valence-electron chi connectivity index (χ2n) is 12.9. The summed E-state index contributed by atoms with van der Waals surface area (Å²) in [4.78, 5) is 23.9. The zero-order chi connectivity index (χ0) is 35.9. The van der Waals surface area contributed by atoms with E-state index in [0.29, 0.717) is 35.7 Å². The van der Waals surface area contributed by atoms with Gasteiger partial charge in [-0.2, -0.15) is 8.42 Å². The van der Waals surface area contributed by atoms with Crippen LogP contribution in [0.2, 0.25) is 0 Å². The minimum atomic E-state index is -4.67. The molecule has 0 saturated heterocycles. The Hall–Kier alpha value is -3.23. The lowest BCUT2D eigenvalue weighted by Crippen LogP contribution is -2.34. The third-order valence-corrected chi connectivity index (χ3v) is 6.60. The third kappa shape index (κ3) is 25.5. The Kier molecular flexibility index (Phi) is 21.6. The first kappa shape index (κ1) is 43.8. The maximum atomic E-state index is 11.9. The van der Waals surface area contributed by atoms with Crippen molar-refractivity contribution < 1.29 is 36.6 Å². The van der Waals surface area contributed by atoms with E-state index in [2.05, 4.69) is 52.2 Å². The summed E-state index contributed by atoms with van der Waals surface area (Å²) >= 11 is 0.